The maximum Gasteiger partial charge on any atom is 0.410 e. The highest BCUT2D eigenvalue weighted by atomic mass is 16.6. The van der Waals surface area contributed by atoms with Crippen molar-refractivity contribution in [2.24, 2.45) is 0 Å². The van der Waals surface area contributed by atoms with Crippen LogP contribution in [0.25, 0.3) is 5.57 Å². The topological polar surface area (TPSA) is 84.9 Å². The summed E-state index contributed by atoms with van der Waals surface area (Å²) in [7, 11) is 0. The summed E-state index contributed by atoms with van der Waals surface area (Å²) < 4.78 is 11.3. The van der Waals surface area contributed by atoms with Gasteiger partial charge in [0.25, 0.3) is 0 Å². The molecule has 2 aliphatic heterocycles. The van der Waals surface area contributed by atoms with Crippen molar-refractivity contribution >= 4 is 17.6 Å². The molecular weight excluding hydrogens is 384 g/mol. The van der Waals surface area contributed by atoms with Crippen LogP contribution in [0.2, 0.25) is 0 Å². The molecule has 2 amide bonds. The van der Waals surface area contributed by atoms with Gasteiger partial charge in [0.2, 0.25) is 11.8 Å². The highest BCUT2D eigenvalue weighted by Gasteiger charge is 2.34. The number of likely N-dealkylation sites (tertiary alicyclic amines) is 1. The summed E-state index contributed by atoms with van der Waals surface area (Å²) in [4.78, 5) is 35.9. The number of hydrogen-bond donors (Lipinski definition) is 0. The zero-order valence-electron chi connectivity index (χ0n) is 16.9. The summed E-state index contributed by atoms with van der Waals surface area (Å²) in [5, 5.41) is 0. The normalized spacial score (nSPS) is 16.5. The Labute approximate surface area is 175 Å². The quantitative estimate of drug-likeness (QED) is 0.756. The van der Waals surface area contributed by atoms with Crippen LogP contribution in [0, 0.1) is 0 Å². The average Bonchev–Trinajstić information content (AvgIpc) is 2.75. The molecule has 156 valence electrons. The van der Waals surface area contributed by atoms with E-state index in [1.54, 1.807) is 29.1 Å². The number of nitrogens with zero attached hydrogens (tertiary/aromatic N) is 4. The molecule has 0 atom stereocenters. The van der Waals surface area contributed by atoms with E-state index in [4.69, 9.17) is 9.47 Å². The van der Waals surface area contributed by atoms with Gasteiger partial charge in [0.1, 0.15) is 18.4 Å². The molecule has 8 heteroatoms. The van der Waals surface area contributed by atoms with Crippen LogP contribution in [0.5, 0.6) is 5.88 Å². The van der Waals surface area contributed by atoms with Gasteiger partial charge in [-0.3, -0.25) is 4.79 Å². The van der Waals surface area contributed by atoms with Gasteiger partial charge in [0.05, 0.1) is 13.1 Å². The van der Waals surface area contributed by atoms with Gasteiger partial charge in [-0.2, -0.15) is 0 Å². The molecule has 1 saturated heterocycles. The molecule has 2 aromatic rings. The van der Waals surface area contributed by atoms with Crippen LogP contribution < -0.4 is 4.74 Å². The van der Waals surface area contributed by atoms with Gasteiger partial charge in [-0.1, -0.05) is 36.4 Å². The summed E-state index contributed by atoms with van der Waals surface area (Å²) in [6.45, 7) is 3.93. The minimum atomic E-state index is -0.350. The second-order valence-electron chi connectivity index (χ2n) is 7.34. The predicted octanol–water partition coefficient (Wildman–Crippen LogP) is 2.51. The Kier molecular flexibility index (Phi) is 5.92. The zero-order valence-corrected chi connectivity index (χ0v) is 16.9. The molecule has 1 aromatic carbocycles. The zero-order chi connectivity index (χ0) is 20.9. The number of rotatable bonds is 5. The number of carbonyl (C=O) groups is 2. The molecule has 0 bridgehead atoms. The maximum absolute atomic E-state index is 12.2. The van der Waals surface area contributed by atoms with Crippen LogP contribution in [0.15, 0.2) is 48.8 Å². The van der Waals surface area contributed by atoms with Crippen LogP contribution in [0.4, 0.5) is 4.79 Å². The van der Waals surface area contributed by atoms with Crippen LogP contribution in [-0.4, -0.2) is 64.1 Å². The van der Waals surface area contributed by atoms with Gasteiger partial charge < -0.3 is 19.3 Å². The fourth-order valence-electron chi connectivity index (χ4n) is 3.43. The van der Waals surface area contributed by atoms with Gasteiger partial charge in [0, 0.05) is 32.4 Å². The van der Waals surface area contributed by atoms with Crippen molar-refractivity contribution in [2.45, 2.75) is 26.1 Å². The van der Waals surface area contributed by atoms with Crippen molar-refractivity contribution in [2.75, 3.05) is 26.2 Å². The van der Waals surface area contributed by atoms with Gasteiger partial charge in [0.15, 0.2) is 0 Å². The molecule has 30 heavy (non-hydrogen) atoms. The predicted molar refractivity (Wildman–Crippen MR) is 109 cm³/mol. The van der Waals surface area contributed by atoms with Crippen molar-refractivity contribution in [1.82, 2.24) is 19.8 Å². The largest absolute Gasteiger partial charge is 0.469 e. The first-order valence-corrected chi connectivity index (χ1v) is 9.98. The minimum absolute atomic E-state index is 0.0645. The second kappa shape index (κ2) is 8.94. The van der Waals surface area contributed by atoms with Gasteiger partial charge in [-0.25, -0.2) is 14.8 Å². The molecule has 2 aliphatic rings. The highest BCUT2D eigenvalue weighted by molar-refractivity contribution is 5.76. The third-order valence-corrected chi connectivity index (χ3v) is 5.21. The number of ether oxygens (including phenoxy) is 2. The van der Waals surface area contributed by atoms with E-state index >= 15 is 0 Å². The highest BCUT2D eigenvalue weighted by Crippen LogP contribution is 2.28. The lowest BCUT2D eigenvalue weighted by atomic mass is 10.0. The van der Waals surface area contributed by atoms with Crippen LogP contribution in [-0.2, 0) is 16.1 Å². The van der Waals surface area contributed by atoms with Gasteiger partial charge >= 0.3 is 6.09 Å². The van der Waals surface area contributed by atoms with Gasteiger partial charge in [-0.05, 0) is 17.6 Å². The maximum atomic E-state index is 12.2. The summed E-state index contributed by atoms with van der Waals surface area (Å²) in [6.07, 6.45) is 5.43. The number of benzene rings is 1. The Morgan fingerprint density at radius 1 is 1.10 bits per heavy atom. The smallest absolute Gasteiger partial charge is 0.410 e. The summed E-state index contributed by atoms with van der Waals surface area (Å²) >= 11 is 0. The Morgan fingerprint density at radius 2 is 1.87 bits per heavy atom. The molecule has 0 aliphatic carbocycles. The molecule has 4 rings (SSSR count). The molecule has 0 radical (unpaired) electrons. The molecule has 0 saturated carbocycles. The van der Waals surface area contributed by atoms with E-state index in [9.17, 15) is 9.59 Å². The third-order valence-electron chi connectivity index (χ3n) is 5.21. The number of amides is 2. The summed E-state index contributed by atoms with van der Waals surface area (Å²) in [5.74, 6) is 0.525. The SMILES string of the molecule is CC(=O)N1CC=C(c2nccnc2OC2CN(C(=O)OCc3ccccc3)C2)CC1. The first kappa shape index (κ1) is 19.9. The van der Waals surface area contributed by atoms with E-state index in [2.05, 4.69) is 9.97 Å². The van der Waals surface area contributed by atoms with Gasteiger partial charge in [-0.15, -0.1) is 0 Å². The lowest BCUT2D eigenvalue weighted by Crippen LogP contribution is -2.56. The average molecular weight is 408 g/mol. The van der Waals surface area contributed by atoms with E-state index in [1.807, 2.05) is 36.4 Å². The fourth-order valence-corrected chi connectivity index (χ4v) is 3.43. The minimum Gasteiger partial charge on any atom is -0.469 e. The Balaban J connectivity index is 1.30. The first-order chi connectivity index (χ1) is 14.6. The molecule has 0 N–H and O–H groups in total. The number of hydrogen-bond acceptors (Lipinski definition) is 6. The monoisotopic (exact) mass is 408 g/mol. The molecule has 0 unspecified atom stereocenters. The summed E-state index contributed by atoms with van der Waals surface area (Å²) in [5.41, 5.74) is 2.67. The van der Waals surface area contributed by atoms with Crippen molar-refractivity contribution in [1.29, 1.82) is 0 Å². The van der Waals surface area contributed by atoms with Crippen molar-refractivity contribution < 1.29 is 19.1 Å². The van der Waals surface area contributed by atoms with E-state index < -0.39 is 0 Å². The van der Waals surface area contributed by atoms with E-state index in [0.717, 1.165) is 11.1 Å². The van der Waals surface area contributed by atoms with E-state index in [0.29, 0.717) is 44.2 Å². The Hall–Kier alpha value is -3.42. The first-order valence-electron chi connectivity index (χ1n) is 9.98. The van der Waals surface area contributed by atoms with Crippen molar-refractivity contribution in [3.8, 4) is 5.88 Å². The van der Waals surface area contributed by atoms with Crippen LogP contribution >= 0.6 is 0 Å². The molecule has 1 aromatic heterocycles. The Bertz CT molecular complexity index is 941. The van der Waals surface area contributed by atoms with Crippen LogP contribution in [0.3, 0.4) is 0 Å². The van der Waals surface area contributed by atoms with Crippen molar-refractivity contribution in [3.05, 3.63) is 60.1 Å². The molecule has 3 heterocycles. The lowest BCUT2D eigenvalue weighted by molar-refractivity contribution is -0.128. The third kappa shape index (κ3) is 4.59. The number of carbonyl (C=O) groups excluding carboxylic acids is 2. The van der Waals surface area contributed by atoms with E-state index in [1.165, 1.54) is 0 Å². The fraction of sp³-hybridized carbons (Fsp3) is 0.364. The standard InChI is InChI=1S/C22H24N4O4/c1-16(27)25-11-7-18(8-12-25)20-21(24-10-9-23-20)30-19-13-26(14-19)22(28)29-15-17-5-3-2-4-6-17/h2-7,9-10,19H,8,11-15H2,1H3. The summed E-state index contributed by atoms with van der Waals surface area (Å²) in [6, 6.07) is 9.58. The van der Waals surface area contributed by atoms with Crippen LogP contribution in [0.1, 0.15) is 24.6 Å². The van der Waals surface area contributed by atoms with E-state index in [-0.39, 0.29) is 24.7 Å². The molecule has 8 nitrogen and oxygen atoms in total. The molecule has 1 fully saturated rings. The molecule has 0 spiro atoms. The Morgan fingerprint density at radius 3 is 2.57 bits per heavy atom. The molecular formula is C22H24N4O4. The second-order valence-corrected chi connectivity index (χ2v) is 7.34. The lowest BCUT2D eigenvalue weighted by Gasteiger charge is -2.37. The van der Waals surface area contributed by atoms with Crippen molar-refractivity contribution in [3.63, 3.8) is 0 Å². The number of aromatic nitrogens is 2.